The number of anilines is 1. The van der Waals surface area contributed by atoms with Crippen LogP contribution in [-0.2, 0) is 10.5 Å². The maximum atomic E-state index is 12.5. The molecule has 0 N–H and O–H groups in total. The van der Waals surface area contributed by atoms with Crippen LogP contribution >= 0.6 is 23.1 Å². The van der Waals surface area contributed by atoms with Crippen molar-refractivity contribution in [2.24, 2.45) is 5.92 Å². The van der Waals surface area contributed by atoms with Crippen molar-refractivity contribution in [1.29, 1.82) is 0 Å². The zero-order valence-electron chi connectivity index (χ0n) is 17.7. The van der Waals surface area contributed by atoms with Gasteiger partial charge in [0.15, 0.2) is 0 Å². The lowest BCUT2D eigenvalue weighted by Crippen LogP contribution is -2.35. The van der Waals surface area contributed by atoms with Crippen LogP contribution in [0.15, 0.2) is 35.2 Å². The molecule has 1 aliphatic heterocycles. The number of hydrogen-bond donors (Lipinski definition) is 0. The highest BCUT2D eigenvalue weighted by Crippen LogP contribution is 2.38. The van der Waals surface area contributed by atoms with E-state index in [-0.39, 0.29) is 5.97 Å². The molecule has 30 heavy (non-hydrogen) atoms. The predicted molar refractivity (Wildman–Crippen MR) is 125 cm³/mol. The summed E-state index contributed by atoms with van der Waals surface area (Å²) in [6.07, 6.45) is 2.41. The molecule has 0 bridgehead atoms. The maximum absolute atomic E-state index is 12.5. The molecular weight excluding hydrogens is 414 g/mol. The Morgan fingerprint density at radius 2 is 2.10 bits per heavy atom. The van der Waals surface area contributed by atoms with Crippen LogP contribution in [-0.4, -0.2) is 35.6 Å². The van der Waals surface area contributed by atoms with E-state index < -0.39 is 0 Å². The minimum Gasteiger partial charge on any atom is -0.462 e. The first-order valence-electron chi connectivity index (χ1n) is 10.5. The summed E-state index contributed by atoms with van der Waals surface area (Å²) in [4.78, 5) is 27.4. The first kappa shape index (κ1) is 21.1. The molecule has 0 amide bonds. The van der Waals surface area contributed by atoms with Crippen LogP contribution < -0.4 is 4.90 Å². The van der Waals surface area contributed by atoms with Crippen LogP contribution in [0.25, 0.3) is 10.2 Å². The molecule has 1 atom stereocenters. The Hall–Kier alpha value is -2.12. The number of esters is 1. The SMILES string of the molecule is CCOC(=O)c1sc2nc(CSc3ccccc3)nc(N3CCC[C@H](C)C3)c2c1C. The van der Waals surface area contributed by atoms with E-state index in [1.807, 2.05) is 32.0 Å². The van der Waals surface area contributed by atoms with Gasteiger partial charge in [0.2, 0.25) is 0 Å². The Morgan fingerprint density at radius 3 is 2.83 bits per heavy atom. The molecule has 1 fully saturated rings. The van der Waals surface area contributed by atoms with Gasteiger partial charge in [-0.25, -0.2) is 14.8 Å². The summed E-state index contributed by atoms with van der Waals surface area (Å²) in [5, 5.41) is 1.01. The van der Waals surface area contributed by atoms with Crippen molar-refractivity contribution in [2.75, 3.05) is 24.6 Å². The molecule has 0 spiro atoms. The van der Waals surface area contributed by atoms with Gasteiger partial charge in [-0.15, -0.1) is 23.1 Å². The summed E-state index contributed by atoms with van der Waals surface area (Å²) in [7, 11) is 0. The average Bonchev–Trinajstić information content (AvgIpc) is 3.09. The highest BCUT2D eigenvalue weighted by molar-refractivity contribution is 7.98. The molecule has 5 nitrogen and oxygen atoms in total. The third-order valence-electron chi connectivity index (χ3n) is 5.35. The van der Waals surface area contributed by atoms with Gasteiger partial charge in [-0.1, -0.05) is 25.1 Å². The van der Waals surface area contributed by atoms with E-state index in [1.165, 1.54) is 22.7 Å². The number of ether oxygens (including phenoxy) is 1. The lowest BCUT2D eigenvalue weighted by atomic mass is 10.00. The van der Waals surface area contributed by atoms with E-state index in [9.17, 15) is 4.79 Å². The van der Waals surface area contributed by atoms with Crippen molar-refractivity contribution >= 4 is 45.1 Å². The van der Waals surface area contributed by atoms with Crippen LogP contribution in [0.1, 0.15) is 47.7 Å². The standard InChI is InChI=1S/C23H27N3O2S2/c1-4-28-23(27)20-16(3)19-21(26-12-8-9-15(2)13-26)24-18(25-22(19)30-20)14-29-17-10-6-5-7-11-17/h5-7,10-11,15H,4,8-9,12-14H2,1-3H3/t15-/m0/s1. The average molecular weight is 442 g/mol. The highest BCUT2D eigenvalue weighted by atomic mass is 32.2. The number of thiophene rings is 1. The molecule has 3 aromatic rings. The summed E-state index contributed by atoms with van der Waals surface area (Å²) in [6, 6.07) is 10.3. The predicted octanol–water partition coefficient (Wildman–Crippen LogP) is 5.71. The second-order valence-corrected chi connectivity index (χ2v) is 9.76. The number of aromatic nitrogens is 2. The van der Waals surface area contributed by atoms with Gasteiger partial charge >= 0.3 is 5.97 Å². The van der Waals surface area contributed by atoms with E-state index in [4.69, 9.17) is 14.7 Å². The molecule has 3 heterocycles. The molecular formula is C23H27N3O2S2. The third kappa shape index (κ3) is 4.47. The fourth-order valence-electron chi connectivity index (χ4n) is 3.89. The van der Waals surface area contributed by atoms with E-state index >= 15 is 0 Å². The molecule has 2 aromatic heterocycles. The molecule has 0 radical (unpaired) electrons. The number of hydrogen-bond acceptors (Lipinski definition) is 7. The minimum atomic E-state index is -0.267. The van der Waals surface area contributed by atoms with E-state index in [1.54, 1.807) is 11.8 Å². The van der Waals surface area contributed by atoms with Crippen molar-refractivity contribution in [2.45, 2.75) is 44.3 Å². The smallest absolute Gasteiger partial charge is 0.348 e. The second kappa shape index (κ2) is 9.35. The molecule has 1 aliphatic rings. The Bertz CT molecular complexity index is 1040. The van der Waals surface area contributed by atoms with Crippen LogP contribution in [0, 0.1) is 12.8 Å². The van der Waals surface area contributed by atoms with Crippen molar-refractivity contribution < 1.29 is 9.53 Å². The van der Waals surface area contributed by atoms with Gasteiger partial charge in [0, 0.05) is 18.0 Å². The number of nitrogens with zero attached hydrogens (tertiary/aromatic N) is 3. The Morgan fingerprint density at radius 1 is 1.30 bits per heavy atom. The first-order chi connectivity index (χ1) is 14.6. The van der Waals surface area contributed by atoms with Gasteiger partial charge in [-0.2, -0.15) is 0 Å². The topological polar surface area (TPSA) is 55.3 Å². The quantitative estimate of drug-likeness (QED) is 0.361. The summed E-state index contributed by atoms with van der Waals surface area (Å²) in [5.74, 6) is 2.84. The number of fused-ring (bicyclic) bond motifs is 1. The number of piperidine rings is 1. The molecule has 158 valence electrons. The number of rotatable bonds is 6. The number of benzene rings is 1. The monoisotopic (exact) mass is 441 g/mol. The largest absolute Gasteiger partial charge is 0.462 e. The molecule has 0 aliphatic carbocycles. The number of thioether (sulfide) groups is 1. The molecule has 1 aromatic carbocycles. The van der Waals surface area contributed by atoms with Gasteiger partial charge < -0.3 is 9.64 Å². The van der Waals surface area contributed by atoms with Crippen molar-refractivity contribution in [3.63, 3.8) is 0 Å². The molecule has 7 heteroatoms. The Kier molecular flexibility index (Phi) is 6.58. The van der Waals surface area contributed by atoms with Crippen molar-refractivity contribution in [3.8, 4) is 0 Å². The van der Waals surface area contributed by atoms with Crippen LogP contribution in [0.5, 0.6) is 0 Å². The number of aryl methyl sites for hydroxylation is 1. The molecule has 1 saturated heterocycles. The third-order valence-corrected chi connectivity index (χ3v) is 7.52. The fraction of sp³-hybridized carbons (Fsp3) is 0.435. The van der Waals surface area contributed by atoms with E-state index in [2.05, 4.69) is 24.0 Å². The van der Waals surface area contributed by atoms with E-state index in [0.29, 0.717) is 23.2 Å². The number of carbonyl (C=O) groups excluding carboxylic acids is 1. The zero-order chi connectivity index (χ0) is 21.1. The molecule has 0 saturated carbocycles. The minimum absolute atomic E-state index is 0.267. The van der Waals surface area contributed by atoms with Gasteiger partial charge in [0.05, 0.1) is 17.7 Å². The van der Waals surface area contributed by atoms with Gasteiger partial charge in [0.25, 0.3) is 0 Å². The summed E-state index contributed by atoms with van der Waals surface area (Å²) < 4.78 is 5.28. The van der Waals surface area contributed by atoms with Crippen molar-refractivity contribution in [3.05, 3.63) is 46.6 Å². The first-order valence-corrected chi connectivity index (χ1v) is 12.3. The molecule has 4 rings (SSSR count). The van der Waals surface area contributed by atoms with Crippen LogP contribution in [0.4, 0.5) is 5.82 Å². The lowest BCUT2D eigenvalue weighted by molar-refractivity contribution is 0.0531. The second-order valence-electron chi connectivity index (χ2n) is 7.72. The van der Waals surface area contributed by atoms with Crippen LogP contribution in [0.2, 0.25) is 0 Å². The Labute approximate surface area is 185 Å². The van der Waals surface area contributed by atoms with Gasteiger partial charge in [-0.05, 0) is 50.3 Å². The zero-order valence-corrected chi connectivity index (χ0v) is 19.3. The fourth-order valence-corrected chi connectivity index (χ4v) is 5.75. The Balaban J connectivity index is 1.74. The molecule has 0 unspecified atom stereocenters. The van der Waals surface area contributed by atoms with Crippen molar-refractivity contribution in [1.82, 2.24) is 9.97 Å². The highest BCUT2D eigenvalue weighted by Gasteiger charge is 2.26. The van der Waals surface area contributed by atoms with Gasteiger partial charge in [-0.3, -0.25) is 0 Å². The normalized spacial score (nSPS) is 16.8. The maximum Gasteiger partial charge on any atom is 0.348 e. The lowest BCUT2D eigenvalue weighted by Gasteiger charge is -2.32. The number of carbonyl (C=O) groups is 1. The summed E-state index contributed by atoms with van der Waals surface area (Å²) >= 11 is 3.16. The summed E-state index contributed by atoms with van der Waals surface area (Å²) in [5.41, 5.74) is 0.934. The van der Waals surface area contributed by atoms with Gasteiger partial charge in [0.1, 0.15) is 21.3 Å². The van der Waals surface area contributed by atoms with Crippen LogP contribution in [0.3, 0.4) is 0 Å². The summed E-state index contributed by atoms with van der Waals surface area (Å²) in [6.45, 7) is 8.46. The van der Waals surface area contributed by atoms with E-state index in [0.717, 1.165) is 46.9 Å².